The molecule has 4 heteroatoms. The predicted octanol–water partition coefficient (Wildman–Crippen LogP) is 3.34. The van der Waals surface area contributed by atoms with Gasteiger partial charge in [0.1, 0.15) is 0 Å². The summed E-state index contributed by atoms with van der Waals surface area (Å²) in [6.07, 6.45) is 5.56. The number of hydrogen-bond donors (Lipinski definition) is 1. The predicted molar refractivity (Wildman–Crippen MR) is 87.2 cm³/mol. The van der Waals surface area contributed by atoms with Crippen LogP contribution in [0, 0.1) is 0 Å². The van der Waals surface area contributed by atoms with Gasteiger partial charge in [-0.1, -0.05) is 34.5 Å². The molecule has 1 saturated heterocycles. The second-order valence-electron chi connectivity index (χ2n) is 6.21. The number of halogens is 1. The van der Waals surface area contributed by atoms with Crippen LogP contribution in [0.15, 0.2) is 28.7 Å². The summed E-state index contributed by atoms with van der Waals surface area (Å²) in [5.41, 5.74) is 1.16. The normalized spacial score (nSPS) is 30.7. The molecule has 3 rings (SSSR count). The number of hydrogen-bond acceptors (Lipinski definition) is 3. The summed E-state index contributed by atoms with van der Waals surface area (Å²) in [6.45, 7) is 2.87. The monoisotopic (exact) mass is 353 g/mol. The lowest BCUT2D eigenvalue weighted by Gasteiger charge is -2.34. The molecular formula is C17H24BrNO2. The van der Waals surface area contributed by atoms with Crippen LogP contribution in [0.4, 0.5) is 0 Å². The number of piperidine rings is 1. The third kappa shape index (κ3) is 3.86. The van der Waals surface area contributed by atoms with E-state index >= 15 is 0 Å². The highest BCUT2D eigenvalue weighted by atomic mass is 79.9. The van der Waals surface area contributed by atoms with Crippen LogP contribution in [-0.4, -0.2) is 41.3 Å². The zero-order valence-electron chi connectivity index (χ0n) is 12.4. The fourth-order valence-electron chi connectivity index (χ4n) is 3.54. The molecule has 1 aliphatic heterocycles. The molecule has 21 heavy (non-hydrogen) atoms. The molecule has 0 aromatic heterocycles. The van der Waals surface area contributed by atoms with Gasteiger partial charge < -0.3 is 9.84 Å². The van der Waals surface area contributed by atoms with E-state index in [0.717, 1.165) is 36.0 Å². The Hall–Kier alpha value is -0.420. The zero-order chi connectivity index (χ0) is 14.7. The molecule has 2 fully saturated rings. The second-order valence-corrected chi connectivity index (χ2v) is 7.12. The largest absolute Gasteiger partial charge is 0.389 e. The minimum Gasteiger partial charge on any atom is -0.389 e. The quantitative estimate of drug-likeness (QED) is 0.900. The molecule has 1 heterocycles. The molecule has 0 spiro atoms. The third-order valence-corrected chi connectivity index (χ3v) is 5.29. The number of likely N-dealkylation sites (tertiary alicyclic amines) is 1. The number of aliphatic hydroxyl groups excluding tert-OH is 1. The minimum absolute atomic E-state index is 0.0134. The van der Waals surface area contributed by atoms with Crippen molar-refractivity contribution < 1.29 is 9.84 Å². The standard InChI is InChI=1S/C17H24BrNO2/c18-14-6-4-13(5-7-14)12-21-16-9-8-15(17(16)20)19-10-2-1-3-11-19/h4-7,15-17,20H,1-3,8-12H2/t15-,16+,17+/m1/s1. The smallest absolute Gasteiger partial charge is 0.0956 e. The molecule has 0 bridgehead atoms. The van der Waals surface area contributed by atoms with E-state index in [1.54, 1.807) is 0 Å². The van der Waals surface area contributed by atoms with Crippen molar-refractivity contribution >= 4 is 15.9 Å². The highest BCUT2D eigenvalue weighted by Crippen LogP contribution is 2.29. The number of aliphatic hydroxyl groups is 1. The van der Waals surface area contributed by atoms with Crippen molar-refractivity contribution in [3.8, 4) is 0 Å². The van der Waals surface area contributed by atoms with Gasteiger partial charge in [0, 0.05) is 10.5 Å². The average Bonchev–Trinajstić information content (AvgIpc) is 2.89. The molecule has 2 aliphatic rings. The average molecular weight is 354 g/mol. The molecule has 0 radical (unpaired) electrons. The van der Waals surface area contributed by atoms with Crippen molar-refractivity contribution in [1.82, 2.24) is 4.90 Å². The van der Waals surface area contributed by atoms with Gasteiger partial charge in [-0.25, -0.2) is 0 Å². The molecular weight excluding hydrogens is 330 g/mol. The van der Waals surface area contributed by atoms with Crippen LogP contribution in [0.2, 0.25) is 0 Å². The summed E-state index contributed by atoms with van der Waals surface area (Å²) in [6, 6.07) is 8.49. The molecule has 1 N–H and O–H groups in total. The lowest BCUT2D eigenvalue weighted by Crippen LogP contribution is -2.46. The maximum absolute atomic E-state index is 10.5. The Labute approximate surface area is 135 Å². The molecule has 1 aromatic rings. The van der Waals surface area contributed by atoms with Crippen molar-refractivity contribution in [1.29, 1.82) is 0 Å². The molecule has 116 valence electrons. The Morgan fingerprint density at radius 2 is 1.81 bits per heavy atom. The number of ether oxygens (including phenoxy) is 1. The summed E-state index contributed by atoms with van der Waals surface area (Å²) >= 11 is 3.44. The first-order valence-electron chi connectivity index (χ1n) is 8.02. The first-order chi connectivity index (χ1) is 10.2. The third-order valence-electron chi connectivity index (χ3n) is 4.76. The second kappa shape index (κ2) is 7.23. The first-order valence-corrected chi connectivity index (χ1v) is 8.81. The molecule has 0 amide bonds. The summed E-state index contributed by atoms with van der Waals surface area (Å²) in [5, 5.41) is 10.5. The lowest BCUT2D eigenvalue weighted by atomic mass is 10.1. The van der Waals surface area contributed by atoms with E-state index in [-0.39, 0.29) is 12.2 Å². The number of benzene rings is 1. The van der Waals surface area contributed by atoms with Gasteiger partial charge in [0.15, 0.2) is 0 Å². The number of nitrogens with zero attached hydrogens (tertiary/aromatic N) is 1. The van der Waals surface area contributed by atoms with Gasteiger partial charge in [0.25, 0.3) is 0 Å². The van der Waals surface area contributed by atoms with Crippen molar-refractivity contribution in [2.45, 2.75) is 57.0 Å². The Morgan fingerprint density at radius 1 is 1.10 bits per heavy atom. The Morgan fingerprint density at radius 3 is 2.52 bits per heavy atom. The first kappa shape index (κ1) is 15.5. The van der Waals surface area contributed by atoms with Gasteiger partial charge in [-0.3, -0.25) is 4.90 Å². The fourth-order valence-corrected chi connectivity index (χ4v) is 3.80. The maximum atomic E-state index is 10.5. The van der Waals surface area contributed by atoms with Gasteiger partial charge in [-0.2, -0.15) is 0 Å². The van der Waals surface area contributed by atoms with E-state index < -0.39 is 0 Å². The maximum Gasteiger partial charge on any atom is 0.0956 e. The molecule has 1 aliphatic carbocycles. The van der Waals surface area contributed by atoms with Crippen LogP contribution in [0.25, 0.3) is 0 Å². The summed E-state index contributed by atoms with van der Waals surface area (Å²) in [5.74, 6) is 0. The summed E-state index contributed by atoms with van der Waals surface area (Å²) in [4.78, 5) is 2.47. The molecule has 3 atom stereocenters. The van der Waals surface area contributed by atoms with Crippen molar-refractivity contribution in [2.75, 3.05) is 13.1 Å². The highest BCUT2D eigenvalue weighted by Gasteiger charge is 2.39. The highest BCUT2D eigenvalue weighted by molar-refractivity contribution is 9.10. The molecule has 1 saturated carbocycles. The zero-order valence-corrected chi connectivity index (χ0v) is 14.0. The van der Waals surface area contributed by atoms with E-state index in [4.69, 9.17) is 4.74 Å². The van der Waals surface area contributed by atoms with E-state index in [2.05, 4.69) is 33.0 Å². The SMILES string of the molecule is O[C@@H]1[C@@H](OCc2ccc(Br)cc2)CC[C@H]1N1CCCCC1. The van der Waals surface area contributed by atoms with Crippen LogP contribution in [0.1, 0.15) is 37.7 Å². The van der Waals surface area contributed by atoms with Gasteiger partial charge in [-0.15, -0.1) is 0 Å². The van der Waals surface area contributed by atoms with E-state index in [1.807, 2.05) is 12.1 Å². The summed E-state index contributed by atoms with van der Waals surface area (Å²) < 4.78 is 7.05. The van der Waals surface area contributed by atoms with E-state index in [9.17, 15) is 5.11 Å². The van der Waals surface area contributed by atoms with Crippen molar-refractivity contribution in [3.63, 3.8) is 0 Å². The molecule has 3 nitrogen and oxygen atoms in total. The Bertz CT molecular complexity index is 445. The lowest BCUT2D eigenvalue weighted by molar-refractivity contribution is -0.0516. The van der Waals surface area contributed by atoms with Crippen molar-refractivity contribution in [3.05, 3.63) is 34.3 Å². The van der Waals surface area contributed by atoms with Crippen LogP contribution in [0.5, 0.6) is 0 Å². The van der Waals surface area contributed by atoms with E-state index in [0.29, 0.717) is 12.6 Å². The molecule has 1 aromatic carbocycles. The topological polar surface area (TPSA) is 32.7 Å². The van der Waals surface area contributed by atoms with Gasteiger partial charge in [0.2, 0.25) is 0 Å². The fraction of sp³-hybridized carbons (Fsp3) is 0.647. The van der Waals surface area contributed by atoms with Crippen LogP contribution >= 0.6 is 15.9 Å². The Kier molecular flexibility index (Phi) is 5.33. The summed E-state index contributed by atoms with van der Waals surface area (Å²) in [7, 11) is 0. The minimum atomic E-state index is -0.335. The van der Waals surface area contributed by atoms with Gasteiger partial charge in [0.05, 0.1) is 18.8 Å². The number of rotatable bonds is 4. The van der Waals surface area contributed by atoms with Crippen LogP contribution < -0.4 is 0 Å². The van der Waals surface area contributed by atoms with Gasteiger partial charge >= 0.3 is 0 Å². The van der Waals surface area contributed by atoms with Crippen LogP contribution in [0.3, 0.4) is 0 Å². The Balaban J connectivity index is 1.51. The van der Waals surface area contributed by atoms with Gasteiger partial charge in [-0.05, 0) is 56.5 Å². The van der Waals surface area contributed by atoms with Crippen molar-refractivity contribution in [2.24, 2.45) is 0 Å². The van der Waals surface area contributed by atoms with E-state index in [1.165, 1.54) is 19.3 Å². The van der Waals surface area contributed by atoms with Crippen LogP contribution in [-0.2, 0) is 11.3 Å². The molecule has 0 unspecified atom stereocenters.